The number of anilines is 1. The number of nitrogens with zero attached hydrogens (tertiary/aromatic N) is 1. The Bertz CT molecular complexity index is 1050. The molecule has 0 unspecified atom stereocenters. The van der Waals surface area contributed by atoms with E-state index in [0.717, 1.165) is 10.5 Å². The van der Waals surface area contributed by atoms with Crippen molar-refractivity contribution in [2.24, 2.45) is 0 Å². The predicted octanol–water partition coefficient (Wildman–Crippen LogP) is 4.96. The molecule has 0 aliphatic rings. The smallest absolute Gasteiger partial charge is 0.324 e. The van der Waals surface area contributed by atoms with Crippen molar-refractivity contribution in [1.82, 2.24) is 0 Å². The number of carbonyl (C=O) groups excluding carboxylic acids is 2. The van der Waals surface area contributed by atoms with Crippen LogP contribution in [0.5, 0.6) is 0 Å². The van der Waals surface area contributed by atoms with Crippen molar-refractivity contribution in [2.75, 3.05) is 5.32 Å². The quantitative estimate of drug-likeness (QED) is 0.435. The first-order chi connectivity index (χ1) is 14.6. The first-order valence-corrected chi connectivity index (χ1v) is 10.2. The molecule has 0 saturated carbocycles. The summed E-state index contributed by atoms with van der Waals surface area (Å²) < 4.78 is 5.49. The standard InChI is InChI=1S/C24H20N2O3S/c1-17(23(27)26-21-15-9-8-12-19(21)16-25)29-24(28)22(18-10-4-2-5-11-18)30-20-13-6-3-7-14-20/h2-15,17,22H,1H3,(H,26,27)/t17-,22-/m1/s1. The first kappa shape index (κ1) is 21.2. The van der Waals surface area contributed by atoms with Crippen LogP contribution in [0, 0.1) is 11.3 Å². The van der Waals surface area contributed by atoms with Gasteiger partial charge in [-0.2, -0.15) is 5.26 Å². The summed E-state index contributed by atoms with van der Waals surface area (Å²) in [5, 5.41) is 11.2. The lowest BCUT2D eigenvalue weighted by Gasteiger charge is -2.19. The van der Waals surface area contributed by atoms with Gasteiger partial charge in [-0.05, 0) is 36.8 Å². The molecule has 1 N–H and O–H groups in total. The number of rotatable bonds is 7. The van der Waals surface area contributed by atoms with Crippen LogP contribution in [-0.4, -0.2) is 18.0 Å². The molecule has 3 aromatic carbocycles. The molecule has 2 atom stereocenters. The zero-order valence-corrected chi connectivity index (χ0v) is 17.1. The van der Waals surface area contributed by atoms with Crippen LogP contribution in [0.1, 0.15) is 23.3 Å². The molecule has 0 aromatic heterocycles. The molecule has 0 heterocycles. The van der Waals surface area contributed by atoms with Gasteiger partial charge in [0.05, 0.1) is 11.3 Å². The van der Waals surface area contributed by atoms with Crippen molar-refractivity contribution in [3.05, 3.63) is 96.1 Å². The van der Waals surface area contributed by atoms with Crippen LogP contribution in [-0.2, 0) is 14.3 Å². The van der Waals surface area contributed by atoms with Crippen molar-refractivity contribution in [3.8, 4) is 6.07 Å². The minimum Gasteiger partial charge on any atom is -0.451 e. The highest BCUT2D eigenvalue weighted by molar-refractivity contribution is 8.00. The number of hydrogen-bond donors (Lipinski definition) is 1. The van der Waals surface area contributed by atoms with Gasteiger partial charge in [-0.3, -0.25) is 9.59 Å². The van der Waals surface area contributed by atoms with Crippen molar-refractivity contribution in [2.45, 2.75) is 23.2 Å². The maximum Gasteiger partial charge on any atom is 0.324 e. The first-order valence-electron chi connectivity index (χ1n) is 9.35. The highest BCUT2D eigenvalue weighted by Gasteiger charge is 2.27. The molecule has 3 rings (SSSR count). The molecular weight excluding hydrogens is 396 g/mol. The zero-order chi connectivity index (χ0) is 21.3. The molecule has 0 aliphatic carbocycles. The van der Waals surface area contributed by atoms with Crippen molar-refractivity contribution in [3.63, 3.8) is 0 Å². The number of esters is 1. The molecular formula is C24H20N2O3S. The average molecular weight is 417 g/mol. The second kappa shape index (κ2) is 10.3. The summed E-state index contributed by atoms with van der Waals surface area (Å²) in [6, 6.07) is 27.5. The predicted molar refractivity (Wildman–Crippen MR) is 117 cm³/mol. The van der Waals surface area contributed by atoms with Crippen molar-refractivity contribution < 1.29 is 14.3 Å². The lowest BCUT2D eigenvalue weighted by atomic mass is 10.1. The average Bonchev–Trinajstić information content (AvgIpc) is 2.79. The largest absolute Gasteiger partial charge is 0.451 e. The number of para-hydroxylation sites is 1. The van der Waals surface area contributed by atoms with E-state index in [4.69, 9.17) is 10.00 Å². The Morgan fingerprint density at radius 2 is 1.53 bits per heavy atom. The summed E-state index contributed by atoms with van der Waals surface area (Å²) in [5.41, 5.74) is 1.51. The number of ether oxygens (including phenoxy) is 1. The Balaban J connectivity index is 1.73. The van der Waals surface area contributed by atoms with Gasteiger partial charge in [0.25, 0.3) is 5.91 Å². The number of nitriles is 1. The monoisotopic (exact) mass is 416 g/mol. The van der Waals surface area contributed by atoms with Crippen molar-refractivity contribution in [1.29, 1.82) is 5.26 Å². The van der Waals surface area contributed by atoms with Crippen LogP contribution in [0.3, 0.4) is 0 Å². The summed E-state index contributed by atoms with van der Waals surface area (Å²) in [5.74, 6) is -1.01. The van der Waals surface area contributed by atoms with Gasteiger partial charge in [0.2, 0.25) is 0 Å². The van der Waals surface area contributed by atoms with Gasteiger partial charge in [0.15, 0.2) is 6.10 Å². The Labute approximate surface area is 179 Å². The number of benzene rings is 3. The minimum atomic E-state index is -1.02. The molecule has 1 amide bonds. The summed E-state index contributed by atoms with van der Waals surface area (Å²) in [4.78, 5) is 26.4. The third-order valence-electron chi connectivity index (χ3n) is 4.28. The van der Waals surface area contributed by atoms with Crippen LogP contribution in [0.25, 0.3) is 0 Å². The molecule has 5 nitrogen and oxygen atoms in total. The zero-order valence-electron chi connectivity index (χ0n) is 16.3. The van der Waals surface area contributed by atoms with Crippen molar-refractivity contribution >= 4 is 29.3 Å². The van der Waals surface area contributed by atoms with Crippen LogP contribution >= 0.6 is 11.8 Å². The molecule has 0 spiro atoms. The van der Waals surface area contributed by atoms with Crippen LogP contribution < -0.4 is 5.32 Å². The fraction of sp³-hybridized carbons (Fsp3) is 0.125. The van der Waals surface area contributed by atoms with Crippen LogP contribution in [0.15, 0.2) is 89.8 Å². The second-order valence-corrected chi connectivity index (χ2v) is 7.63. The minimum absolute atomic E-state index is 0.339. The third kappa shape index (κ3) is 5.49. The van der Waals surface area contributed by atoms with Gasteiger partial charge in [0.1, 0.15) is 11.3 Å². The highest BCUT2D eigenvalue weighted by Crippen LogP contribution is 2.36. The lowest BCUT2D eigenvalue weighted by Crippen LogP contribution is -2.31. The van der Waals surface area contributed by atoms with Gasteiger partial charge in [0, 0.05) is 4.90 Å². The highest BCUT2D eigenvalue weighted by atomic mass is 32.2. The Hall–Kier alpha value is -3.56. The maximum absolute atomic E-state index is 13.0. The van der Waals surface area contributed by atoms with Gasteiger partial charge in [-0.25, -0.2) is 0 Å². The SMILES string of the molecule is C[C@@H](OC(=O)[C@H](Sc1ccccc1)c1ccccc1)C(=O)Nc1ccccc1C#N. The van der Waals surface area contributed by atoms with E-state index < -0.39 is 23.2 Å². The maximum atomic E-state index is 13.0. The molecule has 0 radical (unpaired) electrons. The topological polar surface area (TPSA) is 79.2 Å². The van der Waals surface area contributed by atoms with E-state index >= 15 is 0 Å². The van der Waals surface area contributed by atoms with Gasteiger partial charge < -0.3 is 10.1 Å². The van der Waals surface area contributed by atoms with Crippen LogP contribution in [0.4, 0.5) is 5.69 Å². The van der Waals surface area contributed by atoms with E-state index in [1.165, 1.54) is 18.7 Å². The third-order valence-corrected chi connectivity index (χ3v) is 5.53. The van der Waals surface area contributed by atoms with Crippen LogP contribution in [0.2, 0.25) is 0 Å². The Morgan fingerprint density at radius 3 is 2.20 bits per heavy atom. The van der Waals surface area contributed by atoms with E-state index in [1.54, 1.807) is 24.3 Å². The number of nitrogens with one attached hydrogen (secondary N) is 1. The van der Waals surface area contributed by atoms with E-state index in [0.29, 0.717) is 11.3 Å². The molecule has 0 fully saturated rings. The van der Waals surface area contributed by atoms with E-state index in [2.05, 4.69) is 5.32 Å². The molecule has 150 valence electrons. The van der Waals surface area contributed by atoms with Gasteiger partial charge in [-0.1, -0.05) is 60.7 Å². The number of hydrogen-bond acceptors (Lipinski definition) is 5. The van der Waals surface area contributed by atoms with E-state index in [1.807, 2.05) is 66.7 Å². The number of carbonyl (C=O) groups is 2. The molecule has 3 aromatic rings. The Kier molecular flexibility index (Phi) is 7.25. The fourth-order valence-electron chi connectivity index (χ4n) is 2.73. The summed E-state index contributed by atoms with van der Waals surface area (Å²) in [7, 11) is 0. The summed E-state index contributed by atoms with van der Waals surface area (Å²) in [6.07, 6.45) is -1.02. The molecule has 0 aliphatic heterocycles. The molecule has 30 heavy (non-hydrogen) atoms. The van der Waals surface area contributed by atoms with E-state index in [9.17, 15) is 9.59 Å². The number of thioether (sulfide) groups is 1. The lowest BCUT2D eigenvalue weighted by molar-refractivity contribution is -0.152. The molecule has 0 saturated heterocycles. The fourth-order valence-corrected chi connectivity index (χ4v) is 3.76. The second-order valence-electron chi connectivity index (χ2n) is 6.45. The Morgan fingerprint density at radius 1 is 0.933 bits per heavy atom. The van der Waals surface area contributed by atoms with E-state index in [-0.39, 0.29) is 0 Å². The molecule has 6 heteroatoms. The normalized spacial score (nSPS) is 12.3. The van der Waals surface area contributed by atoms with Gasteiger partial charge >= 0.3 is 5.97 Å². The summed E-state index contributed by atoms with van der Waals surface area (Å²) >= 11 is 1.36. The van der Waals surface area contributed by atoms with Gasteiger partial charge in [-0.15, -0.1) is 11.8 Å². The molecule has 0 bridgehead atoms. The number of amides is 1. The summed E-state index contributed by atoms with van der Waals surface area (Å²) in [6.45, 7) is 1.51.